The van der Waals surface area contributed by atoms with Gasteiger partial charge in [-0.2, -0.15) is 0 Å². The van der Waals surface area contributed by atoms with E-state index in [9.17, 15) is 0 Å². The highest BCUT2D eigenvalue weighted by Gasteiger charge is 1.93. The number of alkyl halides is 2. The van der Waals surface area contributed by atoms with E-state index in [0.717, 1.165) is 6.42 Å². The average Bonchev–Trinajstić information content (AvgIpc) is 1.83. The largest absolute Gasteiger partial charge is 0.0848 e. The molecule has 0 nitrogen and oxygen atoms in total. The van der Waals surface area contributed by atoms with E-state index in [4.69, 9.17) is 0 Å². The molecule has 0 aromatic carbocycles. The second-order valence-corrected chi connectivity index (χ2v) is 4.61. The van der Waals surface area contributed by atoms with E-state index < -0.39 is 0 Å². The minimum atomic E-state index is 0.490. The van der Waals surface area contributed by atoms with Gasteiger partial charge in [0.2, 0.25) is 0 Å². The summed E-state index contributed by atoms with van der Waals surface area (Å²) in [6, 6.07) is 0. The first-order valence-electron chi connectivity index (χ1n) is 3.13. The smallest absolute Gasteiger partial charge is 0.0323 e. The minimum Gasteiger partial charge on any atom is -0.0848 e. The summed E-state index contributed by atoms with van der Waals surface area (Å²) >= 11 is 6.92. The maximum Gasteiger partial charge on any atom is 0.0323 e. The monoisotopic (exact) mass is 254 g/mol. The SMILES string of the molecule is CCC(Br)C=CC(C)Br. The summed E-state index contributed by atoms with van der Waals surface area (Å²) in [6.45, 7) is 4.26. The molecule has 9 heavy (non-hydrogen) atoms. The van der Waals surface area contributed by atoms with Crippen molar-refractivity contribution >= 4 is 31.9 Å². The molecule has 0 aliphatic rings. The summed E-state index contributed by atoms with van der Waals surface area (Å²) < 4.78 is 0. The van der Waals surface area contributed by atoms with E-state index in [1.807, 2.05) is 0 Å². The Labute approximate surface area is 74.0 Å². The zero-order valence-corrected chi connectivity index (χ0v) is 8.94. The summed E-state index contributed by atoms with van der Waals surface area (Å²) in [5.41, 5.74) is 0. The van der Waals surface area contributed by atoms with Crippen molar-refractivity contribution in [2.75, 3.05) is 0 Å². The second-order valence-electron chi connectivity index (χ2n) is 1.99. The van der Waals surface area contributed by atoms with Gasteiger partial charge < -0.3 is 0 Å². The molecule has 0 bridgehead atoms. The number of hydrogen-bond donors (Lipinski definition) is 0. The third kappa shape index (κ3) is 6.59. The van der Waals surface area contributed by atoms with Crippen molar-refractivity contribution in [1.82, 2.24) is 0 Å². The fourth-order valence-corrected chi connectivity index (χ4v) is 0.762. The van der Waals surface area contributed by atoms with Crippen LogP contribution in [-0.2, 0) is 0 Å². The summed E-state index contributed by atoms with van der Waals surface area (Å²) in [5, 5.41) is 0. The molecule has 0 saturated heterocycles. The molecule has 0 aromatic heterocycles. The van der Waals surface area contributed by atoms with Crippen LogP contribution in [0.2, 0.25) is 0 Å². The van der Waals surface area contributed by atoms with E-state index in [0.29, 0.717) is 9.65 Å². The molecule has 0 amide bonds. The first kappa shape index (κ1) is 9.70. The van der Waals surface area contributed by atoms with Gasteiger partial charge in [0.15, 0.2) is 0 Å². The van der Waals surface area contributed by atoms with E-state index in [1.54, 1.807) is 0 Å². The lowest BCUT2D eigenvalue weighted by molar-refractivity contribution is 0.986. The van der Waals surface area contributed by atoms with Gasteiger partial charge in [0.1, 0.15) is 0 Å². The van der Waals surface area contributed by atoms with Crippen molar-refractivity contribution < 1.29 is 0 Å². The Hall–Kier alpha value is 0.700. The van der Waals surface area contributed by atoms with Crippen molar-refractivity contribution in [3.63, 3.8) is 0 Å². The minimum absolute atomic E-state index is 0.490. The van der Waals surface area contributed by atoms with Crippen LogP contribution in [0.4, 0.5) is 0 Å². The Morgan fingerprint density at radius 2 is 1.89 bits per heavy atom. The van der Waals surface area contributed by atoms with Gasteiger partial charge in [0.25, 0.3) is 0 Å². The zero-order valence-electron chi connectivity index (χ0n) is 5.77. The topological polar surface area (TPSA) is 0 Å². The second kappa shape index (κ2) is 5.48. The van der Waals surface area contributed by atoms with Crippen molar-refractivity contribution in [3.8, 4) is 0 Å². The van der Waals surface area contributed by atoms with Gasteiger partial charge in [-0.05, 0) is 13.3 Å². The molecular formula is C7H12Br2. The Balaban J connectivity index is 3.43. The predicted molar refractivity (Wildman–Crippen MR) is 50.5 cm³/mol. The van der Waals surface area contributed by atoms with Crippen LogP contribution < -0.4 is 0 Å². The highest BCUT2D eigenvalue weighted by Crippen LogP contribution is 2.08. The highest BCUT2D eigenvalue weighted by atomic mass is 79.9. The molecular weight excluding hydrogens is 244 g/mol. The molecule has 0 saturated carbocycles. The standard InChI is InChI=1S/C7H12Br2/c1-3-7(9)5-4-6(2)8/h4-7H,3H2,1-2H3. The van der Waals surface area contributed by atoms with Gasteiger partial charge in [-0.3, -0.25) is 0 Å². The first-order valence-corrected chi connectivity index (χ1v) is 4.96. The van der Waals surface area contributed by atoms with E-state index >= 15 is 0 Å². The van der Waals surface area contributed by atoms with Gasteiger partial charge in [0, 0.05) is 9.65 Å². The maximum absolute atomic E-state index is 3.50. The molecule has 2 heteroatoms. The first-order chi connectivity index (χ1) is 4.16. The summed E-state index contributed by atoms with van der Waals surface area (Å²) in [7, 11) is 0. The van der Waals surface area contributed by atoms with Crippen LogP contribution in [0.15, 0.2) is 12.2 Å². The van der Waals surface area contributed by atoms with Gasteiger partial charge in [-0.25, -0.2) is 0 Å². The van der Waals surface area contributed by atoms with Gasteiger partial charge in [-0.15, -0.1) is 0 Å². The molecule has 0 aliphatic carbocycles. The predicted octanol–water partition coefficient (Wildman–Crippen LogP) is 3.50. The van der Waals surface area contributed by atoms with E-state index in [2.05, 4.69) is 57.9 Å². The summed E-state index contributed by atoms with van der Waals surface area (Å²) in [4.78, 5) is 1.03. The molecule has 0 spiro atoms. The number of rotatable bonds is 3. The summed E-state index contributed by atoms with van der Waals surface area (Å²) in [5.74, 6) is 0. The van der Waals surface area contributed by atoms with Crippen LogP contribution in [-0.4, -0.2) is 9.65 Å². The molecule has 0 radical (unpaired) electrons. The summed E-state index contributed by atoms with van der Waals surface area (Å²) in [6.07, 6.45) is 5.46. The zero-order chi connectivity index (χ0) is 7.28. The van der Waals surface area contributed by atoms with E-state index in [-0.39, 0.29) is 0 Å². The molecule has 0 N–H and O–H groups in total. The van der Waals surface area contributed by atoms with Crippen LogP contribution in [0, 0.1) is 0 Å². The molecule has 2 unspecified atom stereocenters. The molecule has 0 aromatic rings. The number of hydrogen-bond acceptors (Lipinski definition) is 0. The fraction of sp³-hybridized carbons (Fsp3) is 0.714. The Kier molecular flexibility index (Phi) is 5.91. The quantitative estimate of drug-likeness (QED) is 0.535. The molecule has 54 valence electrons. The molecule has 2 atom stereocenters. The Bertz CT molecular complexity index is 86.9. The van der Waals surface area contributed by atoms with Gasteiger partial charge in [0.05, 0.1) is 0 Å². The van der Waals surface area contributed by atoms with Crippen LogP contribution in [0.25, 0.3) is 0 Å². The van der Waals surface area contributed by atoms with E-state index in [1.165, 1.54) is 0 Å². The normalized spacial score (nSPS) is 18.2. The van der Waals surface area contributed by atoms with Crippen molar-refractivity contribution in [3.05, 3.63) is 12.2 Å². The third-order valence-corrected chi connectivity index (χ3v) is 2.23. The highest BCUT2D eigenvalue weighted by molar-refractivity contribution is 9.10. The third-order valence-electron chi connectivity index (χ3n) is 0.975. The van der Waals surface area contributed by atoms with Gasteiger partial charge in [-0.1, -0.05) is 50.9 Å². The lowest BCUT2D eigenvalue weighted by Crippen LogP contribution is -1.90. The van der Waals surface area contributed by atoms with Crippen LogP contribution in [0.5, 0.6) is 0 Å². The van der Waals surface area contributed by atoms with Crippen LogP contribution >= 0.6 is 31.9 Å². The Morgan fingerprint density at radius 3 is 2.22 bits per heavy atom. The van der Waals surface area contributed by atoms with Crippen LogP contribution in [0.1, 0.15) is 20.3 Å². The lowest BCUT2D eigenvalue weighted by Gasteiger charge is -1.97. The molecule has 0 heterocycles. The van der Waals surface area contributed by atoms with Crippen molar-refractivity contribution in [1.29, 1.82) is 0 Å². The molecule has 0 rings (SSSR count). The maximum atomic E-state index is 3.50. The van der Waals surface area contributed by atoms with Crippen molar-refractivity contribution in [2.24, 2.45) is 0 Å². The molecule has 0 aliphatic heterocycles. The van der Waals surface area contributed by atoms with Crippen LogP contribution in [0.3, 0.4) is 0 Å². The fourth-order valence-electron chi connectivity index (χ4n) is 0.410. The lowest BCUT2D eigenvalue weighted by atomic mass is 10.3. The van der Waals surface area contributed by atoms with Crippen molar-refractivity contribution in [2.45, 2.75) is 29.9 Å². The average molecular weight is 256 g/mol. The number of halogens is 2. The molecule has 0 fully saturated rings. The van der Waals surface area contributed by atoms with Gasteiger partial charge >= 0.3 is 0 Å². The number of allylic oxidation sites excluding steroid dienone is 2. The Morgan fingerprint density at radius 1 is 1.33 bits per heavy atom.